The minimum Gasteiger partial charge on any atom is -0.459 e. The minimum absolute atomic E-state index is 0.0618. The molecule has 1 fully saturated rings. The number of nitrogens with zero attached hydrogens (tertiary/aromatic N) is 1. The number of fused-ring (bicyclic) bond motifs is 1. The number of ketones is 1. The van der Waals surface area contributed by atoms with Crippen molar-refractivity contribution in [1.29, 1.82) is 0 Å². The molecule has 31 heavy (non-hydrogen) atoms. The van der Waals surface area contributed by atoms with Crippen LogP contribution in [0.5, 0.6) is 11.5 Å². The molecule has 4 rings (SSSR count). The van der Waals surface area contributed by atoms with Gasteiger partial charge in [-0.05, 0) is 57.4 Å². The van der Waals surface area contributed by atoms with E-state index in [1.807, 2.05) is 69.3 Å². The van der Waals surface area contributed by atoms with Crippen molar-refractivity contribution in [2.75, 3.05) is 6.79 Å². The number of likely N-dealkylation sites (tertiary alicyclic amines) is 1. The van der Waals surface area contributed by atoms with Gasteiger partial charge in [-0.25, -0.2) is 0 Å². The van der Waals surface area contributed by atoms with Crippen LogP contribution in [0, 0.1) is 5.92 Å². The van der Waals surface area contributed by atoms with E-state index in [0.29, 0.717) is 24.5 Å². The van der Waals surface area contributed by atoms with Crippen LogP contribution >= 0.6 is 0 Å². The van der Waals surface area contributed by atoms with Crippen LogP contribution in [-0.4, -0.2) is 35.1 Å². The average molecular weight is 424 g/mol. The molecule has 0 aromatic heterocycles. The molecule has 2 aliphatic heterocycles. The smallest absolute Gasteiger partial charge is 0.323 e. The van der Waals surface area contributed by atoms with Crippen LogP contribution in [0.25, 0.3) is 0 Å². The summed E-state index contributed by atoms with van der Waals surface area (Å²) in [6.07, 6.45) is 0.427. The van der Waals surface area contributed by atoms with Crippen molar-refractivity contribution in [1.82, 2.24) is 4.90 Å². The van der Waals surface area contributed by atoms with Crippen LogP contribution in [0.2, 0.25) is 0 Å². The van der Waals surface area contributed by atoms with Gasteiger partial charge < -0.3 is 14.2 Å². The minimum atomic E-state index is -0.599. The van der Waals surface area contributed by atoms with Gasteiger partial charge in [-0.2, -0.15) is 0 Å². The maximum absolute atomic E-state index is 13.2. The standard InChI is InChI=1S/C25H29NO5/c1-16(27)19-13-20(24(28)31-25(2,3)4)26(14-17-8-6-5-7-9-17)23(19)18-10-11-21-22(12-18)30-15-29-21/h5-12,19-20,23H,13-15H2,1-4H3/t19-,20-,23+/m1/s1. The monoisotopic (exact) mass is 423 g/mol. The zero-order chi connectivity index (χ0) is 22.2. The third kappa shape index (κ3) is 4.59. The van der Waals surface area contributed by atoms with Gasteiger partial charge in [-0.1, -0.05) is 36.4 Å². The largest absolute Gasteiger partial charge is 0.459 e. The van der Waals surface area contributed by atoms with Crippen LogP contribution in [-0.2, 0) is 20.9 Å². The predicted octanol–water partition coefficient (Wildman–Crippen LogP) is 4.28. The first-order valence-corrected chi connectivity index (χ1v) is 10.7. The van der Waals surface area contributed by atoms with Gasteiger partial charge in [0.2, 0.25) is 6.79 Å². The molecule has 6 nitrogen and oxygen atoms in total. The number of carbonyl (C=O) groups excluding carboxylic acids is 2. The summed E-state index contributed by atoms with van der Waals surface area (Å²) in [5.74, 6) is 0.811. The highest BCUT2D eigenvalue weighted by molar-refractivity contribution is 5.83. The van der Waals surface area contributed by atoms with E-state index in [1.54, 1.807) is 6.92 Å². The predicted molar refractivity (Wildman–Crippen MR) is 116 cm³/mol. The van der Waals surface area contributed by atoms with Crippen molar-refractivity contribution in [3.8, 4) is 11.5 Å². The Morgan fingerprint density at radius 3 is 2.45 bits per heavy atom. The molecule has 0 N–H and O–H groups in total. The fraction of sp³-hybridized carbons (Fsp3) is 0.440. The summed E-state index contributed by atoms with van der Waals surface area (Å²) in [4.78, 5) is 28.0. The number of Topliss-reactive ketones (excluding diaryl/α,β-unsaturated/α-hetero) is 1. The topological polar surface area (TPSA) is 65.1 Å². The van der Waals surface area contributed by atoms with E-state index < -0.39 is 11.6 Å². The Morgan fingerprint density at radius 1 is 1.06 bits per heavy atom. The van der Waals surface area contributed by atoms with Gasteiger partial charge in [0.05, 0.1) is 0 Å². The molecule has 0 amide bonds. The van der Waals surface area contributed by atoms with Crippen molar-refractivity contribution >= 4 is 11.8 Å². The first-order chi connectivity index (χ1) is 14.7. The van der Waals surface area contributed by atoms with E-state index >= 15 is 0 Å². The number of esters is 1. The molecule has 2 aromatic rings. The Hall–Kier alpha value is -2.86. The van der Waals surface area contributed by atoms with Crippen molar-refractivity contribution in [2.45, 2.75) is 58.3 Å². The molecule has 164 valence electrons. The summed E-state index contributed by atoms with van der Waals surface area (Å²) in [6, 6.07) is 15.0. The number of benzene rings is 2. The third-order valence-corrected chi connectivity index (χ3v) is 5.76. The van der Waals surface area contributed by atoms with E-state index in [2.05, 4.69) is 4.90 Å². The Balaban J connectivity index is 1.74. The third-order valence-electron chi connectivity index (χ3n) is 5.76. The van der Waals surface area contributed by atoms with Gasteiger partial charge >= 0.3 is 5.97 Å². The molecule has 0 bridgehead atoms. The molecule has 2 aromatic carbocycles. The molecule has 2 aliphatic rings. The lowest BCUT2D eigenvalue weighted by Crippen LogP contribution is -2.41. The number of hydrogen-bond donors (Lipinski definition) is 0. The van der Waals surface area contributed by atoms with Gasteiger partial charge in [-0.15, -0.1) is 0 Å². The molecule has 0 radical (unpaired) electrons. The molecule has 1 saturated heterocycles. The van der Waals surface area contributed by atoms with Crippen molar-refractivity contribution in [3.63, 3.8) is 0 Å². The van der Waals surface area contributed by atoms with Crippen molar-refractivity contribution < 1.29 is 23.8 Å². The Kier molecular flexibility index (Phi) is 5.75. The van der Waals surface area contributed by atoms with Gasteiger partial charge in [0, 0.05) is 18.5 Å². The highest BCUT2D eigenvalue weighted by Crippen LogP contribution is 2.45. The van der Waals surface area contributed by atoms with Crippen LogP contribution in [0.3, 0.4) is 0 Å². The molecule has 0 aliphatic carbocycles. The van der Waals surface area contributed by atoms with Gasteiger partial charge in [0.15, 0.2) is 11.5 Å². The Morgan fingerprint density at radius 2 is 1.77 bits per heavy atom. The number of hydrogen-bond acceptors (Lipinski definition) is 6. The van der Waals surface area contributed by atoms with Crippen molar-refractivity contribution in [2.24, 2.45) is 5.92 Å². The number of carbonyl (C=O) groups is 2. The van der Waals surface area contributed by atoms with E-state index in [4.69, 9.17) is 14.2 Å². The maximum Gasteiger partial charge on any atom is 0.323 e. The van der Waals surface area contributed by atoms with E-state index in [0.717, 1.165) is 11.1 Å². The van der Waals surface area contributed by atoms with Gasteiger partial charge in [0.25, 0.3) is 0 Å². The molecule has 3 atom stereocenters. The normalized spacial score (nSPS) is 23.0. The molecule has 6 heteroatoms. The summed E-state index contributed by atoms with van der Waals surface area (Å²) in [6.45, 7) is 7.90. The van der Waals surface area contributed by atoms with E-state index in [9.17, 15) is 9.59 Å². The fourth-order valence-electron chi connectivity index (χ4n) is 4.44. The first kappa shape index (κ1) is 21.4. The number of rotatable bonds is 5. The first-order valence-electron chi connectivity index (χ1n) is 10.7. The average Bonchev–Trinajstić information content (AvgIpc) is 3.31. The van der Waals surface area contributed by atoms with E-state index in [-0.39, 0.29) is 30.5 Å². The molecule has 2 heterocycles. The van der Waals surface area contributed by atoms with Crippen LogP contribution in [0.15, 0.2) is 48.5 Å². The van der Waals surface area contributed by atoms with Gasteiger partial charge in [-0.3, -0.25) is 14.5 Å². The summed E-state index contributed by atoms with van der Waals surface area (Å²) in [5, 5.41) is 0. The maximum atomic E-state index is 13.2. The zero-order valence-corrected chi connectivity index (χ0v) is 18.5. The summed E-state index contributed by atoms with van der Waals surface area (Å²) in [7, 11) is 0. The summed E-state index contributed by atoms with van der Waals surface area (Å²) >= 11 is 0. The zero-order valence-electron chi connectivity index (χ0n) is 18.5. The summed E-state index contributed by atoms with van der Waals surface area (Å²) in [5.41, 5.74) is 1.41. The Labute approximate surface area is 183 Å². The lowest BCUT2D eigenvalue weighted by molar-refractivity contribution is -0.161. The highest BCUT2D eigenvalue weighted by Gasteiger charge is 2.48. The second-order valence-electron chi connectivity index (χ2n) is 9.22. The van der Waals surface area contributed by atoms with Crippen LogP contribution in [0.1, 0.15) is 51.3 Å². The molecule has 0 spiro atoms. The second-order valence-corrected chi connectivity index (χ2v) is 9.22. The Bertz CT molecular complexity index is 966. The summed E-state index contributed by atoms with van der Waals surface area (Å²) < 4.78 is 16.8. The fourth-order valence-corrected chi connectivity index (χ4v) is 4.44. The quantitative estimate of drug-likeness (QED) is 0.669. The lowest BCUT2D eigenvalue weighted by atomic mass is 9.90. The van der Waals surface area contributed by atoms with Gasteiger partial charge in [0.1, 0.15) is 17.4 Å². The van der Waals surface area contributed by atoms with E-state index in [1.165, 1.54) is 0 Å². The molecular formula is C25H29NO5. The highest BCUT2D eigenvalue weighted by atomic mass is 16.7. The molecule has 0 saturated carbocycles. The van der Waals surface area contributed by atoms with Crippen LogP contribution < -0.4 is 9.47 Å². The lowest BCUT2D eigenvalue weighted by Gasteiger charge is -2.32. The second kappa shape index (κ2) is 8.35. The van der Waals surface area contributed by atoms with Crippen LogP contribution in [0.4, 0.5) is 0 Å². The molecular weight excluding hydrogens is 394 g/mol. The number of ether oxygens (including phenoxy) is 3. The molecule has 0 unspecified atom stereocenters. The SMILES string of the molecule is CC(=O)[C@H]1C[C@H](C(=O)OC(C)(C)C)N(Cc2ccccc2)[C@H]1c1ccc2c(c1)OCO2. The van der Waals surface area contributed by atoms with Crippen molar-refractivity contribution in [3.05, 3.63) is 59.7 Å².